The van der Waals surface area contributed by atoms with E-state index >= 15 is 4.39 Å². The number of nitrogens with one attached hydrogen (secondary N) is 3. The predicted octanol–water partition coefficient (Wildman–Crippen LogP) is 6.18. The minimum atomic E-state index is -1.31. The quantitative estimate of drug-likeness (QED) is 0.262. The van der Waals surface area contributed by atoms with Crippen LogP contribution in [0.2, 0.25) is 10.2 Å². The topological polar surface area (TPSA) is 131 Å². The summed E-state index contributed by atoms with van der Waals surface area (Å²) in [6.45, 7) is 4.70. The molecule has 2 aliphatic heterocycles. The van der Waals surface area contributed by atoms with E-state index in [1.807, 2.05) is 6.07 Å². The first-order chi connectivity index (χ1) is 22.5. The number of rotatable bonds is 6. The van der Waals surface area contributed by atoms with Crippen molar-refractivity contribution in [1.29, 1.82) is 0 Å². The zero-order valence-corrected chi connectivity index (χ0v) is 28.2. The number of pyridine rings is 1. The van der Waals surface area contributed by atoms with Gasteiger partial charge in [-0.05, 0) is 86.1 Å². The fourth-order valence-corrected chi connectivity index (χ4v) is 9.05. The molecule has 4 aliphatic rings. The molecule has 4 heterocycles. The Morgan fingerprint density at radius 1 is 1.11 bits per heavy atom. The minimum absolute atomic E-state index is 0.0500. The maximum Gasteiger partial charge on any atom is 0.242 e. The molecule has 3 aromatic rings. The molecule has 3 fully saturated rings. The number of carbonyl (C=O) groups excluding carboxylic acids is 2. The standard InChI is InChI=1S/C34H39Cl2FN6O4/c1-32(2)11-13-33(14-12-32)34(22-9-6-19(35)16-23(22)40-31(34)45)25(21-10-15-38-28(36)26(21)37)27(41-33)29(44)39-20-7-4-18(5-8-20)30-43-42-24(47-30)17-46-3/h6,9-10,15-16,18,20,25,27,41H,4-5,7-8,11-14,17H2,1-3H3,(H,39,44)(H,40,45)/t18?,20?,25-,27+,34+/m0/s1. The van der Waals surface area contributed by atoms with Gasteiger partial charge in [0.1, 0.15) is 12.0 Å². The van der Waals surface area contributed by atoms with Crippen molar-refractivity contribution in [3.05, 3.63) is 69.4 Å². The lowest BCUT2D eigenvalue weighted by Crippen LogP contribution is -2.61. The highest BCUT2D eigenvalue weighted by Crippen LogP contribution is 2.64. The Morgan fingerprint density at radius 3 is 2.57 bits per heavy atom. The first kappa shape index (κ1) is 32.4. The second kappa shape index (κ2) is 12.1. The van der Waals surface area contributed by atoms with Gasteiger partial charge in [-0.15, -0.1) is 10.2 Å². The Balaban J connectivity index is 1.25. The molecular formula is C34H39Cl2FN6O4. The fraction of sp³-hybridized carbons (Fsp3) is 0.559. The van der Waals surface area contributed by atoms with Crippen LogP contribution >= 0.6 is 23.2 Å². The van der Waals surface area contributed by atoms with Crippen LogP contribution in [0, 0.1) is 11.2 Å². The second-order valence-corrected chi connectivity index (χ2v) is 15.1. The van der Waals surface area contributed by atoms with E-state index in [0.29, 0.717) is 53.7 Å². The molecule has 47 heavy (non-hydrogen) atoms. The number of aromatic nitrogens is 3. The molecule has 1 saturated heterocycles. The van der Waals surface area contributed by atoms with Crippen LogP contribution in [-0.4, -0.2) is 51.7 Å². The van der Waals surface area contributed by atoms with Gasteiger partial charge in [0, 0.05) is 47.4 Å². The summed E-state index contributed by atoms with van der Waals surface area (Å²) >= 11 is 12.7. The second-order valence-electron chi connectivity index (χ2n) is 14.3. The van der Waals surface area contributed by atoms with E-state index < -0.39 is 28.7 Å². The molecule has 1 aromatic carbocycles. The number of carbonyl (C=O) groups is 2. The van der Waals surface area contributed by atoms with Gasteiger partial charge in [-0.2, -0.15) is 0 Å². The van der Waals surface area contributed by atoms with Gasteiger partial charge < -0.3 is 19.8 Å². The monoisotopic (exact) mass is 684 g/mol. The molecule has 10 nitrogen and oxygen atoms in total. The summed E-state index contributed by atoms with van der Waals surface area (Å²) in [6, 6.07) is 5.84. The summed E-state index contributed by atoms with van der Waals surface area (Å²) < 4.78 is 27.0. The SMILES string of the molecule is COCc1nnc(C2CCC(NC(=O)[C@@H]3NC4(CCC(C)(C)CC4)[C@@]4(C(=O)Nc5cc(Cl)ccc54)[C@H]3c3ccnc(Cl)c3F)CC2)o1. The molecule has 2 spiro atoms. The molecule has 250 valence electrons. The van der Waals surface area contributed by atoms with Crippen molar-refractivity contribution in [1.82, 2.24) is 25.8 Å². The Kier molecular flexibility index (Phi) is 8.34. The van der Waals surface area contributed by atoms with Crippen molar-refractivity contribution in [2.24, 2.45) is 5.41 Å². The third-order valence-corrected chi connectivity index (χ3v) is 11.6. The van der Waals surface area contributed by atoms with E-state index in [2.05, 4.69) is 45.0 Å². The number of hydrogen-bond acceptors (Lipinski definition) is 8. The molecule has 3 N–H and O–H groups in total. The van der Waals surface area contributed by atoms with E-state index in [9.17, 15) is 9.59 Å². The highest BCUT2D eigenvalue weighted by atomic mass is 35.5. The lowest BCUT2D eigenvalue weighted by atomic mass is 9.53. The van der Waals surface area contributed by atoms with Crippen LogP contribution in [0.25, 0.3) is 0 Å². The first-order valence-electron chi connectivity index (χ1n) is 16.3. The summed E-state index contributed by atoms with van der Waals surface area (Å²) in [7, 11) is 1.57. The van der Waals surface area contributed by atoms with Gasteiger partial charge in [0.25, 0.3) is 0 Å². The van der Waals surface area contributed by atoms with Crippen LogP contribution in [0.1, 0.15) is 100.0 Å². The first-order valence-corrected chi connectivity index (χ1v) is 17.0. The fourth-order valence-electron chi connectivity index (χ4n) is 8.72. The van der Waals surface area contributed by atoms with Crippen LogP contribution in [0.3, 0.4) is 0 Å². The smallest absolute Gasteiger partial charge is 0.242 e. The number of anilines is 1. The molecule has 2 aromatic heterocycles. The van der Waals surface area contributed by atoms with Crippen molar-refractivity contribution in [2.45, 2.75) is 107 Å². The molecule has 0 radical (unpaired) electrons. The van der Waals surface area contributed by atoms with Crippen molar-refractivity contribution >= 4 is 40.7 Å². The van der Waals surface area contributed by atoms with Gasteiger partial charge in [0.05, 0.1) is 6.04 Å². The van der Waals surface area contributed by atoms with Gasteiger partial charge in [0.15, 0.2) is 11.0 Å². The highest BCUT2D eigenvalue weighted by Gasteiger charge is 2.73. The molecule has 2 aliphatic carbocycles. The number of methoxy groups -OCH3 is 1. The summed E-state index contributed by atoms with van der Waals surface area (Å²) in [5.74, 6) is -1.08. The van der Waals surface area contributed by atoms with Crippen molar-refractivity contribution in [2.75, 3.05) is 12.4 Å². The third kappa shape index (κ3) is 5.34. The van der Waals surface area contributed by atoms with Crippen molar-refractivity contribution in [3.63, 3.8) is 0 Å². The van der Waals surface area contributed by atoms with E-state index in [1.54, 1.807) is 25.3 Å². The average Bonchev–Trinajstić information content (AvgIpc) is 3.71. The molecule has 2 saturated carbocycles. The third-order valence-electron chi connectivity index (χ3n) is 11.1. The summed E-state index contributed by atoms with van der Waals surface area (Å²) in [4.78, 5) is 33.1. The zero-order chi connectivity index (χ0) is 33.1. The van der Waals surface area contributed by atoms with Crippen LogP contribution in [0.15, 0.2) is 34.9 Å². The Morgan fingerprint density at radius 2 is 1.85 bits per heavy atom. The van der Waals surface area contributed by atoms with Gasteiger partial charge in [-0.3, -0.25) is 14.9 Å². The van der Waals surface area contributed by atoms with Gasteiger partial charge in [-0.1, -0.05) is 43.1 Å². The molecule has 3 atom stereocenters. The van der Waals surface area contributed by atoms with Crippen LogP contribution in [0.4, 0.5) is 10.1 Å². The molecule has 13 heteroatoms. The largest absolute Gasteiger partial charge is 0.422 e. The Hall–Kier alpha value is -3.12. The van der Waals surface area contributed by atoms with Crippen LogP contribution in [-0.2, 0) is 26.3 Å². The molecule has 0 unspecified atom stereocenters. The number of hydrogen-bond donors (Lipinski definition) is 3. The van der Waals surface area contributed by atoms with E-state index in [4.69, 9.17) is 32.4 Å². The Bertz CT molecular complexity index is 1700. The van der Waals surface area contributed by atoms with Crippen LogP contribution < -0.4 is 16.0 Å². The molecular weight excluding hydrogens is 646 g/mol. The van der Waals surface area contributed by atoms with Gasteiger partial charge in [-0.25, -0.2) is 9.37 Å². The van der Waals surface area contributed by atoms with E-state index in [1.165, 1.54) is 6.20 Å². The number of amides is 2. The average molecular weight is 686 g/mol. The lowest BCUT2D eigenvalue weighted by Gasteiger charge is -2.50. The van der Waals surface area contributed by atoms with Crippen molar-refractivity contribution in [3.8, 4) is 0 Å². The van der Waals surface area contributed by atoms with E-state index in [-0.39, 0.29) is 46.5 Å². The number of nitrogens with zero attached hydrogens (tertiary/aromatic N) is 3. The van der Waals surface area contributed by atoms with Crippen LogP contribution in [0.5, 0.6) is 0 Å². The summed E-state index contributed by atoms with van der Waals surface area (Å²) in [5, 5.41) is 18.5. The number of benzene rings is 1. The van der Waals surface area contributed by atoms with Gasteiger partial charge >= 0.3 is 0 Å². The van der Waals surface area contributed by atoms with Crippen molar-refractivity contribution < 1.29 is 23.1 Å². The van der Waals surface area contributed by atoms with E-state index in [0.717, 1.165) is 25.7 Å². The van der Waals surface area contributed by atoms with Gasteiger partial charge in [0.2, 0.25) is 23.6 Å². The molecule has 7 rings (SSSR count). The molecule has 2 amide bonds. The number of halogens is 3. The zero-order valence-electron chi connectivity index (χ0n) is 26.7. The highest BCUT2D eigenvalue weighted by molar-refractivity contribution is 6.31. The Labute approximate surface area is 282 Å². The normalized spacial score (nSPS) is 29.2. The maximum absolute atomic E-state index is 16.2. The minimum Gasteiger partial charge on any atom is -0.422 e. The maximum atomic E-state index is 16.2. The summed E-state index contributed by atoms with van der Waals surface area (Å²) in [6.07, 6.45) is 7.26. The predicted molar refractivity (Wildman–Crippen MR) is 174 cm³/mol. The summed E-state index contributed by atoms with van der Waals surface area (Å²) in [5.41, 5.74) is -0.631. The lowest BCUT2D eigenvalue weighted by molar-refractivity contribution is -0.125. The number of fused-ring (bicyclic) bond motifs is 3. The molecule has 0 bridgehead atoms. The number of ether oxygens (including phenoxy) is 1.